The molecule has 1 fully saturated rings. The quantitative estimate of drug-likeness (QED) is 0.218. The van der Waals surface area contributed by atoms with Crippen molar-refractivity contribution in [1.29, 1.82) is 0 Å². The molecule has 1 aliphatic heterocycles. The Morgan fingerprint density at radius 2 is 1.61 bits per heavy atom. The average Bonchev–Trinajstić information content (AvgIpc) is 2.84. The number of rotatable bonds is 3. The number of pyridine rings is 1. The largest absolute Gasteiger partial charge is 0.220 e. The molecule has 0 unspecified atom stereocenters. The first-order valence-electron chi connectivity index (χ1n) is 12.8. The maximum atomic E-state index is 8.95. The molecule has 3 aromatic carbocycles. The molecule has 0 atom stereocenters. The highest BCUT2D eigenvalue weighted by atomic mass is 28.3. The molecule has 0 bridgehead atoms. The van der Waals surface area contributed by atoms with Gasteiger partial charge in [-0.3, -0.25) is 0 Å². The van der Waals surface area contributed by atoms with E-state index in [2.05, 4.69) is 105 Å². The molecule has 1 saturated heterocycles. The summed E-state index contributed by atoms with van der Waals surface area (Å²) in [7, 11) is 1.13. The summed E-state index contributed by atoms with van der Waals surface area (Å²) in [5, 5.41) is 2.28. The van der Waals surface area contributed by atoms with Crippen LogP contribution in [0, 0.1) is 13.8 Å². The molecule has 1 nitrogen and oxygen atoms in total. The predicted molar refractivity (Wildman–Crippen MR) is 145 cm³/mol. The van der Waals surface area contributed by atoms with Gasteiger partial charge in [-0.25, -0.2) is 0 Å². The number of aromatic nitrogens is 1. The van der Waals surface area contributed by atoms with Crippen molar-refractivity contribution in [3.63, 3.8) is 0 Å². The van der Waals surface area contributed by atoms with Gasteiger partial charge in [-0.05, 0) is 65.5 Å². The summed E-state index contributed by atoms with van der Waals surface area (Å²) in [5.74, 6) is 0.647. The van der Waals surface area contributed by atoms with Gasteiger partial charge < -0.3 is 0 Å². The van der Waals surface area contributed by atoms with Crippen LogP contribution in [0.25, 0.3) is 33.2 Å². The molecule has 1 aromatic heterocycles. The molecule has 2 heterocycles. The fourth-order valence-corrected chi connectivity index (χ4v) is 8.06. The molecule has 4 aromatic rings. The highest BCUT2D eigenvalue weighted by molar-refractivity contribution is 6.77. The van der Waals surface area contributed by atoms with E-state index in [1.54, 1.807) is 0 Å². The lowest BCUT2D eigenvalue weighted by Gasteiger charge is -2.33. The maximum Gasteiger partial charge on any atom is 0.220 e. The first-order valence-corrected chi connectivity index (χ1v) is 15.8. The van der Waals surface area contributed by atoms with Crippen LogP contribution in [0.4, 0.5) is 0 Å². The zero-order chi connectivity index (χ0) is 24.0. The minimum absolute atomic E-state index is 0.647. The smallest absolute Gasteiger partial charge is 0.198 e. The molecule has 0 saturated carbocycles. The lowest BCUT2D eigenvalue weighted by Crippen LogP contribution is -2.35. The second-order valence-corrected chi connectivity index (χ2v) is 16.1. The molecule has 2 heteroatoms. The van der Waals surface area contributed by atoms with Crippen LogP contribution >= 0.6 is 0 Å². The van der Waals surface area contributed by atoms with Gasteiger partial charge >= 0.3 is 0 Å². The lowest BCUT2D eigenvalue weighted by molar-refractivity contribution is -0.665. The molecule has 0 radical (unpaired) electrons. The van der Waals surface area contributed by atoms with Crippen molar-refractivity contribution < 1.29 is 5.94 Å². The van der Waals surface area contributed by atoms with Crippen molar-refractivity contribution in [2.24, 2.45) is 7.05 Å². The van der Waals surface area contributed by atoms with E-state index >= 15 is 0 Å². The van der Waals surface area contributed by atoms with Crippen LogP contribution in [0.5, 0.6) is 0 Å². The predicted octanol–water partition coefficient (Wildman–Crippen LogP) is 8.20. The minimum atomic E-state index is -0.975. The molecular weight excluding hydrogens is 414 g/mol. The Morgan fingerprint density at radius 3 is 2.30 bits per heavy atom. The highest BCUT2D eigenvalue weighted by Gasteiger charge is 2.29. The SMILES string of the molecule is [2H]c1c(C)[n+](C)c(-c2ccc(-c3ccccc3)cc2C)c2ccc(C3CC[Si](C)(C)CC3)cc12. The van der Waals surface area contributed by atoms with E-state index in [1.807, 2.05) is 0 Å². The van der Waals surface area contributed by atoms with Gasteiger partial charge in [0.05, 0.1) is 6.76 Å². The van der Waals surface area contributed by atoms with Crippen molar-refractivity contribution in [3.05, 3.63) is 89.6 Å². The standard InChI is InChI=1S/C31H36NSi/c1-22-19-26(24-9-7-6-8-10-24)11-13-29(22)31-30-14-12-27(21-28(30)20-23(2)32(31)3)25-15-17-33(4,5)18-16-25/h6-14,19-21,25H,15-18H2,1-5H3/q+1/i20D. The Balaban J connectivity index is 1.62. The first kappa shape index (κ1) is 20.9. The van der Waals surface area contributed by atoms with Crippen LogP contribution in [0.1, 0.15) is 37.0 Å². The van der Waals surface area contributed by atoms with E-state index in [0.29, 0.717) is 12.0 Å². The van der Waals surface area contributed by atoms with E-state index < -0.39 is 8.07 Å². The van der Waals surface area contributed by atoms with Crippen molar-refractivity contribution >= 4 is 18.8 Å². The highest BCUT2D eigenvalue weighted by Crippen LogP contribution is 2.40. The summed E-state index contributed by atoms with van der Waals surface area (Å²) in [6.45, 7) is 9.36. The van der Waals surface area contributed by atoms with Crippen molar-refractivity contribution in [2.45, 2.75) is 57.8 Å². The molecule has 168 valence electrons. The zero-order valence-corrected chi connectivity index (χ0v) is 21.7. The Kier molecular flexibility index (Phi) is 5.42. The summed E-state index contributed by atoms with van der Waals surface area (Å²) in [4.78, 5) is 0. The third-order valence-corrected chi connectivity index (χ3v) is 11.1. The number of benzene rings is 3. The van der Waals surface area contributed by atoms with E-state index in [1.165, 1.54) is 63.8 Å². The Morgan fingerprint density at radius 1 is 0.879 bits per heavy atom. The summed E-state index contributed by atoms with van der Waals surface area (Å²) in [5.41, 5.74) is 8.65. The Bertz CT molecular complexity index is 1360. The second-order valence-electron chi connectivity index (χ2n) is 10.8. The van der Waals surface area contributed by atoms with E-state index in [-0.39, 0.29) is 0 Å². The number of nitrogens with zero attached hydrogens (tertiary/aromatic N) is 1. The Hall–Kier alpha value is -2.71. The van der Waals surface area contributed by atoms with Gasteiger partial charge in [-0.1, -0.05) is 79.8 Å². The molecular formula is C31H36NSi+. The van der Waals surface area contributed by atoms with Crippen LogP contribution in [0.3, 0.4) is 0 Å². The van der Waals surface area contributed by atoms with E-state index in [4.69, 9.17) is 1.37 Å². The summed E-state index contributed by atoms with van der Waals surface area (Å²) < 4.78 is 11.2. The molecule has 0 amide bonds. The topological polar surface area (TPSA) is 3.88 Å². The Labute approximate surface area is 201 Å². The van der Waals surface area contributed by atoms with Gasteiger partial charge in [-0.15, -0.1) is 0 Å². The minimum Gasteiger partial charge on any atom is -0.198 e. The van der Waals surface area contributed by atoms with E-state index in [0.717, 1.165) is 11.1 Å². The molecule has 0 N–H and O–H groups in total. The normalized spacial score (nSPS) is 16.7. The monoisotopic (exact) mass is 451 g/mol. The second kappa shape index (κ2) is 8.57. The van der Waals surface area contributed by atoms with Gasteiger partial charge in [-0.2, -0.15) is 4.57 Å². The van der Waals surface area contributed by atoms with Crippen LogP contribution < -0.4 is 4.57 Å². The van der Waals surface area contributed by atoms with E-state index in [9.17, 15) is 0 Å². The lowest BCUT2D eigenvalue weighted by atomic mass is 9.90. The van der Waals surface area contributed by atoms with Gasteiger partial charge in [0.2, 0.25) is 5.69 Å². The van der Waals surface area contributed by atoms with Crippen LogP contribution in [-0.2, 0) is 7.05 Å². The van der Waals surface area contributed by atoms with Crippen molar-refractivity contribution in [3.8, 4) is 22.4 Å². The van der Waals surface area contributed by atoms with Gasteiger partial charge in [0.15, 0.2) is 5.69 Å². The van der Waals surface area contributed by atoms with Crippen LogP contribution in [0.15, 0.2) is 72.8 Å². The maximum absolute atomic E-state index is 8.95. The van der Waals surface area contributed by atoms with Gasteiger partial charge in [0.25, 0.3) is 0 Å². The van der Waals surface area contributed by atoms with Gasteiger partial charge in [0.1, 0.15) is 7.05 Å². The summed E-state index contributed by atoms with van der Waals surface area (Å²) in [6.07, 6.45) is 2.62. The zero-order valence-electron chi connectivity index (χ0n) is 21.7. The average molecular weight is 452 g/mol. The molecule has 0 spiro atoms. The first-order chi connectivity index (χ1) is 16.2. The number of fused-ring (bicyclic) bond motifs is 1. The number of hydrogen-bond donors (Lipinski definition) is 0. The fraction of sp³-hybridized carbons (Fsp3) is 0.323. The number of hydrogen-bond acceptors (Lipinski definition) is 0. The van der Waals surface area contributed by atoms with Gasteiger partial charge in [0, 0.05) is 26.6 Å². The molecule has 5 rings (SSSR count). The van der Waals surface area contributed by atoms with Crippen LogP contribution in [0.2, 0.25) is 25.2 Å². The summed E-state index contributed by atoms with van der Waals surface area (Å²) in [6, 6.07) is 27.8. The molecule has 0 aliphatic carbocycles. The number of aryl methyl sites for hydroxylation is 1. The van der Waals surface area contributed by atoms with Crippen molar-refractivity contribution in [2.75, 3.05) is 0 Å². The molecule has 1 aliphatic rings. The molecule has 33 heavy (non-hydrogen) atoms. The van der Waals surface area contributed by atoms with Crippen molar-refractivity contribution in [1.82, 2.24) is 0 Å². The fourth-order valence-electron chi connectivity index (χ4n) is 5.55. The third kappa shape index (κ3) is 4.29. The third-order valence-electron chi connectivity index (χ3n) is 7.85. The van der Waals surface area contributed by atoms with Crippen LogP contribution in [-0.4, -0.2) is 8.07 Å². The summed E-state index contributed by atoms with van der Waals surface area (Å²) >= 11 is 0.